The van der Waals surface area contributed by atoms with Crippen LogP contribution in [0.25, 0.3) is 10.9 Å². The van der Waals surface area contributed by atoms with E-state index in [4.69, 9.17) is 0 Å². The Morgan fingerprint density at radius 1 is 1.00 bits per heavy atom. The largest absolute Gasteiger partial charge is 0.338 e. The highest BCUT2D eigenvalue weighted by atomic mass is 16.2. The van der Waals surface area contributed by atoms with Crippen LogP contribution in [0.1, 0.15) is 21.9 Å². The molecule has 1 amide bonds. The van der Waals surface area contributed by atoms with Gasteiger partial charge in [0.15, 0.2) is 0 Å². The van der Waals surface area contributed by atoms with E-state index in [2.05, 4.69) is 20.3 Å². The van der Waals surface area contributed by atoms with E-state index in [9.17, 15) is 4.79 Å². The van der Waals surface area contributed by atoms with Gasteiger partial charge in [0.1, 0.15) is 17.3 Å². The summed E-state index contributed by atoms with van der Waals surface area (Å²) in [4.78, 5) is 27.8. The van der Waals surface area contributed by atoms with Crippen molar-refractivity contribution in [3.05, 3.63) is 90.0 Å². The first-order valence-corrected chi connectivity index (χ1v) is 9.36. The normalized spacial score (nSPS) is 10.7. The third-order valence-electron chi connectivity index (χ3n) is 4.56. The minimum absolute atomic E-state index is 0.154. The van der Waals surface area contributed by atoms with Crippen LogP contribution < -0.4 is 5.32 Å². The van der Waals surface area contributed by atoms with Crippen LogP contribution >= 0.6 is 0 Å². The van der Waals surface area contributed by atoms with Crippen molar-refractivity contribution < 1.29 is 4.79 Å². The molecular formula is C23H21N5O. The number of benzene rings is 2. The van der Waals surface area contributed by atoms with Crippen molar-refractivity contribution in [3.63, 3.8) is 0 Å². The molecule has 0 bridgehead atoms. The molecule has 4 aromatic rings. The van der Waals surface area contributed by atoms with Crippen molar-refractivity contribution in [1.82, 2.24) is 19.9 Å². The smallest absolute Gasteiger partial charge is 0.272 e. The molecule has 0 spiro atoms. The van der Waals surface area contributed by atoms with Gasteiger partial charge in [0.25, 0.3) is 5.91 Å². The summed E-state index contributed by atoms with van der Waals surface area (Å²) < 4.78 is 0. The fourth-order valence-corrected chi connectivity index (χ4v) is 3.21. The summed E-state index contributed by atoms with van der Waals surface area (Å²) in [6.07, 6.45) is 1.76. The third kappa shape index (κ3) is 4.21. The topological polar surface area (TPSA) is 71.0 Å². The quantitative estimate of drug-likeness (QED) is 0.555. The van der Waals surface area contributed by atoms with Crippen LogP contribution in [0, 0.1) is 6.92 Å². The van der Waals surface area contributed by atoms with Gasteiger partial charge in [-0.15, -0.1) is 0 Å². The Labute approximate surface area is 169 Å². The van der Waals surface area contributed by atoms with Crippen LogP contribution in [0.2, 0.25) is 0 Å². The predicted molar refractivity (Wildman–Crippen MR) is 114 cm³/mol. The minimum Gasteiger partial charge on any atom is -0.338 e. The Balaban J connectivity index is 1.59. The van der Waals surface area contributed by atoms with Crippen molar-refractivity contribution in [1.29, 1.82) is 0 Å². The van der Waals surface area contributed by atoms with Crippen molar-refractivity contribution in [3.8, 4) is 0 Å². The molecule has 0 saturated carbocycles. The monoisotopic (exact) mass is 383 g/mol. The third-order valence-corrected chi connectivity index (χ3v) is 4.56. The summed E-state index contributed by atoms with van der Waals surface area (Å²) in [5, 5.41) is 4.32. The molecule has 2 aromatic heterocycles. The molecule has 0 aliphatic rings. The minimum atomic E-state index is -0.154. The van der Waals surface area contributed by atoms with E-state index in [0.717, 1.165) is 22.2 Å². The van der Waals surface area contributed by atoms with Gasteiger partial charge in [-0.05, 0) is 24.6 Å². The van der Waals surface area contributed by atoms with E-state index < -0.39 is 0 Å². The van der Waals surface area contributed by atoms with Crippen LogP contribution in [0.15, 0.2) is 72.9 Å². The number of anilines is 2. The molecule has 144 valence electrons. The van der Waals surface area contributed by atoms with Gasteiger partial charge in [-0.25, -0.2) is 9.97 Å². The number of pyridine rings is 1. The number of carbonyl (C=O) groups is 1. The highest BCUT2D eigenvalue weighted by molar-refractivity contribution is 5.94. The first-order valence-electron chi connectivity index (χ1n) is 9.36. The number of aromatic nitrogens is 3. The predicted octanol–water partition coefficient (Wildman–Crippen LogP) is 4.35. The van der Waals surface area contributed by atoms with Gasteiger partial charge in [0, 0.05) is 31.2 Å². The zero-order valence-corrected chi connectivity index (χ0v) is 16.3. The average molecular weight is 383 g/mol. The molecule has 0 unspecified atom stereocenters. The van der Waals surface area contributed by atoms with E-state index in [1.54, 1.807) is 31.1 Å². The number of carbonyl (C=O) groups excluding carboxylic acids is 1. The second-order valence-electron chi connectivity index (χ2n) is 6.84. The summed E-state index contributed by atoms with van der Waals surface area (Å²) in [5.41, 5.74) is 3.10. The SMILES string of the molecule is Cc1nc(Nc2cccc3cccnc23)cc(C(=O)N(C)Cc2ccccc2)n1. The fourth-order valence-electron chi connectivity index (χ4n) is 3.21. The second-order valence-corrected chi connectivity index (χ2v) is 6.84. The first kappa shape index (κ1) is 18.6. The Morgan fingerprint density at radius 2 is 1.79 bits per heavy atom. The lowest BCUT2D eigenvalue weighted by molar-refractivity contribution is 0.0779. The molecule has 0 aliphatic carbocycles. The Kier molecular flexibility index (Phi) is 5.16. The Bertz CT molecular complexity index is 1150. The zero-order valence-electron chi connectivity index (χ0n) is 16.3. The summed E-state index contributed by atoms with van der Waals surface area (Å²) in [7, 11) is 1.77. The number of hydrogen-bond acceptors (Lipinski definition) is 5. The molecular weight excluding hydrogens is 362 g/mol. The summed E-state index contributed by atoms with van der Waals surface area (Å²) in [5.74, 6) is 0.935. The number of para-hydroxylation sites is 1. The Morgan fingerprint density at radius 3 is 2.62 bits per heavy atom. The van der Waals surface area contributed by atoms with Crippen LogP contribution in [0.4, 0.5) is 11.5 Å². The lowest BCUT2D eigenvalue weighted by Gasteiger charge is -2.17. The number of aryl methyl sites for hydroxylation is 1. The molecule has 2 aromatic carbocycles. The van der Waals surface area contributed by atoms with Gasteiger partial charge in [-0.2, -0.15) is 0 Å². The van der Waals surface area contributed by atoms with Gasteiger partial charge in [-0.3, -0.25) is 9.78 Å². The summed E-state index contributed by atoms with van der Waals surface area (Å²) >= 11 is 0. The van der Waals surface area contributed by atoms with Gasteiger partial charge < -0.3 is 10.2 Å². The lowest BCUT2D eigenvalue weighted by atomic mass is 10.2. The molecule has 0 radical (unpaired) electrons. The van der Waals surface area contributed by atoms with E-state index in [0.29, 0.717) is 23.9 Å². The Hall–Kier alpha value is -3.80. The molecule has 0 aliphatic heterocycles. The molecule has 2 heterocycles. The highest BCUT2D eigenvalue weighted by Gasteiger charge is 2.16. The number of amides is 1. The molecule has 29 heavy (non-hydrogen) atoms. The number of nitrogens with zero attached hydrogens (tertiary/aromatic N) is 4. The van der Waals surface area contributed by atoms with Crippen LogP contribution in [-0.4, -0.2) is 32.8 Å². The van der Waals surface area contributed by atoms with E-state index in [1.807, 2.05) is 60.7 Å². The van der Waals surface area contributed by atoms with Crippen LogP contribution in [-0.2, 0) is 6.54 Å². The molecule has 6 heteroatoms. The number of nitrogens with one attached hydrogen (secondary N) is 1. The first-order chi connectivity index (χ1) is 14.1. The molecule has 0 saturated heterocycles. The van der Waals surface area contributed by atoms with Gasteiger partial charge >= 0.3 is 0 Å². The van der Waals surface area contributed by atoms with Gasteiger partial charge in [0.05, 0.1) is 11.2 Å². The van der Waals surface area contributed by atoms with Crippen molar-refractivity contribution >= 4 is 28.3 Å². The van der Waals surface area contributed by atoms with E-state index in [1.165, 1.54) is 0 Å². The standard InChI is InChI=1S/C23H21N5O/c1-16-25-20(23(29)28(2)15-17-8-4-3-5-9-17)14-21(26-16)27-19-12-6-10-18-11-7-13-24-22(18)19/h3-14H,15H2,1-2H3,(H,25,26,27). The van der Waals surface area contributed by atoms with Crippen LogP contribution in [0.5, 0.6) is 0 Å². The van der Waals surface area contributed by atoms with Crippen molar-refractivity contribution in [2.24, 2.45) is 0 Å². The molecule has 0 atom stereocenters. The van der Waals surface area contributed by atoms with Gasteiger partial charge in [-0.1, -0.05) is 48.5 Å². The maximum atomic E-state index is 12.9. The van der Waals surface area contributed by atoms with Gasteiger partial charge in [0.2, 0.25) is 0 Å². The van der Waals surface area contributed by atoms with Crippen molar-refractivity contribution in [2.45, 2.75) is 13.5 Å². The van der Waals surface area contributed by atoms with Crippen LogP contribution in [0.3, 0.4) is 0 Å². The molecule has 6 nitrogen and oxygen atoms in total. The van der Waals surface area contributed by atoms with Crippen molar-refractivity contribution in [2.75, 3.05) is 12.4 Å². The van der Waals surface area contributed by atoms with E-state index >= 15 is 0 Å². The second kappa shape index (κ2) is 8.06. The zero-order chi connectivity index (χ0) is 20.2. The molecule has 4 rings (SSSR count). The highest BCUT2D eigenvalue weighted by Crippen LogP contribution is 2.24. The number of fused-ring (bicyclic) bond motifs is 1. The molecule has 0 fully saturated rings. The van der Waals surface area contributed by atoms with E-state index in [-0.39, 0.29) is 5.91 Å². The average Bonchev–Trinajstić information content (AvgIpc) is 2.74. The summed E-state index contributed by atoms with van der Waals surface area (Å²) in [6, 6.07) is 21.4. The lowest BCUT2D eigenvalue weighted by Crippen LogP contribution is -2.27. The summed E-state index contributed by atoms with van der Waals surface area (Å²) in [6.45, 7) is 2.29. The number of rotatable bonds is 5. The fraction of sp³-hybridized carbons (Fsp3) is 0.130. The maximum absolute atomic E-state index is 12.9. The molecule has 1 N–H and O–H groups in total. The maximum Gasteiger partial charge on any atom is 0.272 e. The number of hydrogen-bond donors (Lipinski definition) is 1.